The van der Waals surface area contributed by atoms with E-state index < -0.39 is 0 Å². The summed E-state index contributed by atoms with van der Waals surface area (Å²) in [4.78, 5) is 1.99. The Morgan fingerprint density at radius 3 is 2.69 bits per heavy atom. The smallest absolute Gasteiger partial charge is 0.0229 e. The molecule has 1 aliphatic carbocycles. The van der Waals surface area contributed by atoms with Crippen molar-refractivity contribution in [1.29, 1.82) is 0 Å². The summed E-state index contributed by atoms with van der Waals surface area (Å²) in [5.41, 5.74) is 0. The number of allylic oxidation sites excluding steroid dienone is 1. The summed E-state index contributed by atoms with van der Waals surface area (Å²) in [5.74, 6) is 2.16. The van der Waals surface area contributed by atoms with Crippen LogP contribution in [0.15, 0.2) is 11.1 Å². The fourth-order valence-electron chi connectivity index (χ4n) is 2.05. The van der Waals surface area contributed by atoms with Gasteiger partial charge in [0.25, 0.3) is 0 Å². The Morgan fingerprint density at radius 1 is 1.23 bits per heavy atom. The summed E-state index contributed by atoms with van der Waals surface area (Å²) in [6.07, 6.45) is 12.2. The molecule has 2 atom stereocenters. The molecule has 1 rings (SSSR count). The van der Waals surface area contributed by atoms with Crippen LogP contribution in [0, 0.1) is 11.8 Å². The number of unbranched alkanes of at least 4 members (excludes halogenated alkanes) is 2. The largest absolute Gasteiger partial charge is 0.0776 e. The molecule has 0 N–H and O–H groups in total. The van der Waals surface area contributed by atoms with Gasteiger partial charge in [-0.25, -0.2) is 0 Å². The van der Waals surface area contributed by atoms with Crippen LogP contribution in [0.4, 0.5) is 0 Å². The van der Waals surface area contributed by atoms with Crippen LogP contribution in [0.25, 0.3) is 0 Å². The van der Waals surface area contributed by atoms with Crippen molar-refractivity contribution >= 4 is 15.9 Å². The Balaban J connectivity index is 1.90. The molecule has 0 aliphatic heterocycles. The molecule has 1 aliphatic rings. The first-order chi connectivity index (χ1) is 6.38. The fraction of sp³-hybridized carbons (Fsp3) is 0.833. The average molecular weight is 245 g/mol. The highest BCUT2D eigenvalue weighted by Gasteiger charge is 2.34. The maximum absolute atomic E-state index is 3.31. The van der Waals surface area contributed by atoms with Crippen LogP contribution in [-0.2, 0) is 0 Å². The van der Waals surface area contributed by atoms with Gasteiger partial charge in [-0.3, -0.25) is 0 Å². The number of halogens is 1. The van der Waals surface area contributed by atoms with Gasteiger partial charge < -0.3 is 0 Å². The van der Waals surface area contributed by atoms with Crippen molar-refractivity contribution in [3.8, 4) is 0 Å². The van der Waals surface area contributed by atoms with E-state index in [2.05, 4.69) is 28.9 Å². The van der Waals surface area contributed by atoms with Gasteiger partial charge in [-0.1, -0.05) is 54.6 Å². The first-order valence-corrected chi connectivity index (χ1v) is 6.55. The normalized spacial score (nSPS) is 26.9. The maximum Gasteiger partial charge on any atom is -0.0229 e. The van der Waals surface area contributed by atoms with Crippen LogP contribution >= 0.6 is 15.9 Å². The third-order valence-electron chi connectivity index (χ3n) is 3.04. The van der Waals surface area contributed by atoms with Gasteiger partial charge in [-0.15, -0.1) is 0 Å². The highest BCUT2D eigenvalue weighted by Crippen LogP contribution is 2.45. The van der Waals surface area contributed by atoms with Crippen LogP contribution in [-0.4, -0.2) is 0 Å². The second kappa shape index (κ2) is 6.64. The maximum atomic E-state index is 3.31. The van der Waals surface area contributed by atoms with Crippen LogP contribution in [0.3, 0.4) is 0 Å². The summed E-state index contributed by atoms with van der Waals surface area (Å²) in [5, 5.41) is 0. The summed E-state index contributed by atoms with van der Waals surface area (Å²) in [6.45, 7) is 2.28. The van der Waals surface area contributed by atoms with Crippen LogP contribution in [0.1, 0.15) is 51.9 Å². The molecule has 0 saturated heterocycles. The van der Waals surface area contributed by atoms with Crippen LogP contribution < -0.4 is 0 Å². The molecule has 0 heterocycles. The summed E-state index contributed by atoms with van der Waals surface area (Å²) < 4.78 is 0. The fourth-order valence-corrected chi connectivity index (χ4v) is 2.31. The minimum absolute atomic E-state index is 1.07. The van der Waals surface area contributed by atoms with E-state index in [1.807, 2.05) is 4.99 Å². The minimum atomic E-state index is 1.07. The standard InChI is InChI=1S/C12H21Br/c1-2-3-4-7-11-10-12(11)8-5-6-9-13/h6,9,11-12H,2-5,7-8,10H2,1H3/b9-6+. The van der Waals surface area contributed by atoms with Gasteiger partial charge in [0.15, 0.2) is 0 Å². The number of hydrogen-bond acceptors (Lipinski definition) is 0. The molecule has 13 heavy (non-hydrogen) atoms. The van der Waals surface area contributed by atoms with Crippen molar-refractivity contribution < 1.29 is 0 Å². The van der Waals surface area contributed by atoms with Crippen molar-refractivity contribution in [1.82, 2.24) is 0 Å². The molecule has 1 fully saturated rings. The van der Waals surface area contributed by atoms with Crippen molar-refractivity contribution in [3.63, 3.8) is 0 Å². The topological polar surface area (TPSA) is 0 Å². The predicted molar refractivity (Wildman–Crippen MR) is 63.0 cm³/mol. The van der Waals surface area contributed by atoms with Crippen molar-refractivity contribution in [2.75, 3.05) is 0 Å². The summed E-state index contributed by atoms with van der Waals surface area (Å²) >= 11 is 3.31. The predicted octanol–water partition coefficient (Wildman–Crippen LogP) is 4.89. The zero-order valence-corrected chi connectivity index (χ0v) is 10.2. The van der Waals surface area contributed by atoms with Crippen LogP contribution in [0.5, 0.6) is 0 Å². The van der Waals surface area contributed by atoms with Crippen molar-refractivity contribution in [2.45, 2.75) is 51.9 Å². The molecule has 0 aromatic rings. The Kier molecular flexibility index (Phi) is 5.77. The van der Waals surface area contributed by atoms with E-state index in [0.29, 0.717) is 0 Å². The lowest BCUT2D eigenvalue weighted by molar-refractivity contribution is 0.566. The summed E-state index contributed by atoms with van der Waals surface area (Å²) in [6, 6.07) is 0. The van der Waals surface area contributed by atoms with E-state index in [1.165, 1.54) is 44.9 Å². The lowest BCUT2D eigenvalue weighted by Crippen LogP contribution is -1.83. The second-order valence-electron chi connectivity index (χ2n) is 4.19. The number of rotatable bonds is 7. The SMILES string of the molecule is CCCCCC1CC1CC/C=C/Br. The minimum Gasteiger partial charge on any atom is -0.0776 e. The molecule has 0 nitrogen and oxygen atoms in total. The molecule has 0 spiro atoms. The lowest BCUT2D eigenvalue weighted by Gasteiger charge is -1.97. The van der Waals surface area contributed by atoms with Gasteiger partial charge in [-0.2, -0.15) is 0 Å². The molecule has 0 aromatic heterocycles. The van der Waals surface area contributed by atoms with E-state index in [0.717, 1.165) is 11.8 Å². The summed E-state index contributed by atoms with van der Waals surface area (Å²) in [7, 11) is 0. The molecule has 1 heteroatoms. The highest BCUT2D eigenvalue weighted by molar-refractivity contribution is 9.11. The molecule has 0 amide bonds. The quantitative estimate of drug-likeness (QED) is 0.560. The van der Waals surface area contributed by atoms with E-state index in [4.69, 9.17) is 0 Å². The molecular formula is C12H21Br. The average Bonchev–Trinajstić information content (AvgIpc) is 2.85. The zero-order valence-electron chi connectivity index (χ0n) is 8.64. The van der Waals surface area contributed by atoms with Gasteiger partial charge in [0.1, 0.15) is 0 Å². The van der Waals surface area contributed by atoms with Crippen molar-refractivity contribution in [3.05, 3.63) is 11.1 Å². The van der Waals surface area contributed by atoms with Gasteiger partial charge in [0.05, 0.1) is 0 Å². The molecule has 2 unspecified atom stereocenters. The van der Waals surface area contributed by atoms with Gasteiger partial charge in [0.2, 0.25) is 0 Å². The van der Waals surface area contributed by atoms with E-state index in [9.17, 15) is 0 Å². The first kappa shape index (κ1) is 11.3. The molecule has 0 radical (unpaired) electrons. The highest BCUT2D eigenvalue weighted by atomic mass is 79.9. The van der Waals surface area contributed by atoms with E-state index in [1.54, 1.807) is 0 Å². The van der Waals surface area contributed by atoms with Crippen molar-refractivity contribution in [2.24, 2.45) is 11.8 Å². The molecule has 0 bridgehead atoms. The Labute approximate surface area is 90.9 Å². The molecular weight excluding hydrogens is 224 g/mol. The molecule has 1 saturated carbocycles. The van der Waals surface area contributed by atoms with Gasteiger partial charge in [0, 0.05) is 0 Å². The van der Waals surface area contributed by atoms with Gasteiger partial charge in [-0.05, 0) is 36.1 Å². The van der Waals surface area contributed by atoms with Crippen LogP contribution in [0.2, 0.25) is 0 Å². The third kappa shape index (κ3) is 4.85. The van der Waals surface area contributed by atoms with E-state index >= 15 is 0 Å². The monoisotopic (exact) mass is 244 g/mol. The van der Waals surface area contributed by atoms with Gasteiger partial charge >= 0.3 is 0 Å². The molecule has 0 aromatic carbocycles. The van der Waals surface area contributed by atoms with E-state index in [-0.39, 0.29) is 0 Å². The molecule has 76 valence electrons. The Morgan fingerprint density at radius 2 is 2.00 bits per heavy atom. The second-order valence-corrected chi connectivity index (χ2v) is 4.72. The number of hydrogen-bond donors (Lipinski definition) is 0. The Hall–Kier alpha value is 0.220. The third-order valence-corrected chi connectivity index (χ3v) is 3.41. The lowest BCUT2D eigenvalue weighted by atomic mass is 10.1. The first-order valence-electron chi connectivity index (χ1n) is 5.63. The Bertz CT molecular complexity index is 151. The zero-order chi connectivity index (χ0) is 9.52.